The lowest BCUT2D eigenvalue weighted by atomic mass is 9.89. The van der Waals surface area contributed by atoms with Crippen molar-refractivity contribution in [3.05, 3.63) is 59.4 Å². The molecule has 2 heterocycles. The van der Waals surface area contributed by atoms with Gasteiger partial charge in [-0.15, -0.1) is 0 Å². The maximum absolute atomic E-state index is 14.3. The van der Waals surface area contributed by atoms with E-state index in [4.69, 9.17) is 5.73 Å². The van der Waals surface area contributed by atoms with Crippen molar-refractivity contribution in [2.75, 3.05) is 11.1 Å². The highest BCUT2D eigenvalue weighted by Crippen LogP contribution is 2.37. The molecule has 0 fully saturated rings. The Morgan fingerprint density at radius 1 is 1.32 bits per heavy atom. The minimum Gasteiger partial charge on any atom is -0.379 e. The van der Waals surface area contributed by atoms with Crippen molar-refractivity contribution in [2.24, 2.45) is 10.7 Å². The summed E-state index contributed by atoms with van der Waals surface area (Å²) in [6.07, 6.45) is 0.623. The fourth-order valence-electron chi connectivity index (χ4n) is 2.63. The zero-order valence-electron chi connectivity index (χ0n) is 13.4. The summed E-state index contributed by atoms with van der Waals surface area (Å²) in [7, 11) is 0. The minimum atomic E-state index is -0.794. The molecule has 0 saturated carbocycles. The Labute approximate surface area is 147 Å². The van der Waals surface area contributed by atoms with Crippen molar-refractivity contribution < 1.29 is 13.6 Å². The monoisotopic (exact) mass is 362 g/mol. The van der Waals surface area contributed by atoms with Crippen molar-refractivity contribution in [2.45, 2.75) is 18.9 Å². The number of amidine groups is 1. The molecule has 130 valence electrons. The number of benzene rings is 1. The van der Waals surface area contributed by atoms with E-state index in [1.54, 1.807) is 6.92 Å². The van der Waals surface area contributed by atoms with Crippen molar-refractivity contribution in [1.29, 1.82) is 0 Å². The minimum absolute atomic E-state index is 0.0616. The van der Waals surface area contributed by atoms with Crippen LogP contribution in [-0.4, -0.2) is 21.8 Å². The summed E-state index contributed by atoms with van der Waals surface area (Å²) in [5, 5.41) is 3.01. The molecule has 8 heteroatoms. The molecule has 1 aromatic carbocycles. The highest BCUT2D eigenvalue weighted by molar-refractivity contribution is 8.13. The van der Waals surface area contributed by atoms with Crippen LogP contribution in [0.4, 0.5) is 14.5 Å². The SMILES string of the molecule is C[C@@]1(c2cc(NC(=O)c3cccc(F)n3)ccc2F)CCSC(N)=N1. The summed E-state index contributed by atoms with van der Waals surface area (Å²) in [5.41, 5.74) is 5.65. The number of nitrogens with zero attached hydrogens (tertiary/aromatic N) is 2. The first-order chi connectivity index (χ1) is 11.9. The van der Waals surface area contributed by atoms with Gasteiger partial charge in [-0.3, -0.25) is 9.79 Å². The van der Waals surface area contributed by atoms with Crippen molar-refractivity contribution in [3.8, 4) is 0 Å². The predicted molar refractivity (Wildman–Crippen MR) is 94.6 cm³/mol. The van der Waals surface area contributed by atoms with Crippen LogP contribution in [0.25, 0.3) is 0 Å². The van der Waals surface area contributed by atoms with Crippen LogP contribution in [0.1, 0.15) is 29.4 Å². The number of amides is 1. The Hall–Kier alpha value is -2.48. The lowest BCUT2D eigenvalue weighted by Gasteiger charge is -2.30. The second kappa shape index (κ2) is 6.79. The summed E-state index contributed by atoms with van der Waals surface area (Å²) in [4.78, 5) is 20.1. The Bertz CT molecular complexity index is 858. The lowest BCUT2D eigenvalue weighted by molar-refractivity contribution is 0.102. The largest absolute Gasteiger partial charge is 0.379 e. The Balaban J connectivity index is 1.89. The molecule has 0 radical (unpaired) electrons. The molecule has 1 atom stereocenters. The van der Waals surface area contributed by atoms with Gasteiger partial charge in [-0.25, -0.2) is 9.37 Å². The first-order valence-corrected chi connectivity index (χ1v) is 8.58. The van der Waals surface area contributed by atoms with E-state index >= 15 is 0 Å². The normalized spacial score (nSPS) is 20.0. The number of hydrogen-bond donors (Lipinski definition) is 2. The number of rotatable bonds is 3. The number of aliphatic imine (C=N–C) groups is 1. The summed E-state index contributed by atoms with van der Waals surface area (Å²) in [6, 6.07) is 8.17. The zero-order chi connectivity index (χ0) is 18.0. The molecule has 0 aliphatic carbocycles. The van der Waals surface area contributed by atoms with Crippen LogP contribution < -0.4 is 11.1 Å². The quantitative estimate of drug-likeness (QED) is 0.821. The highest BCUT2D eigenvalue weighted by atomic mass is 32.2. The topological polar surface area (TPSA) is 80.4 Å². The summed E-state index contributed by atoms with van der Waals surface area (Å²) in [6.45, 7) is 1.80. The zero-order valence-corrected chi connectivity index (χ0v) is 14.2. The molecule has 2 aromatic rings. The van der Waals surface area contributed by atoms with Gasteiger partial charge < -0.3 is 11.1 Å². The second-order valence-corrected chi connectivity index (χ2v) is 6.93. The second-order valence-electron chi connectivity index (χ2n) is 5.82. The molecule has 0 saturated heterocycles. The Kier molecular flexibility index (Phi) is 4.71. The maximum atomic E-state index is 14.3. The molecule has 1 aliphatic rings. The van der Waals surface area contributed by atoms with Gasteiger partial charge in [-0.1, -0.05) is 17.8 Å². The molecule has 5 nitrogen and oxygen atoms in total. The third-order valence-electron chi connectivity index (χ3n) is 3.95. The molecule has 1 aliphatic heterocycles. The van der Waals surface area contributed by atoms with Gasteiger partial charge in [0.1, 0.15) is 11.5 Å². The van der Waals surface area contributed by atoms with Crippen LogP contribution in [0.3, 0.4) is 0 Å². The molecule has 25 heavy (non-hydrogen) atoms. The van der Waals surface area contributed by atoms with E-state index in [1.807, 2.05) is 0 Å². The molecular formula is C17H16F2N4OS. The Morgan fingerprint density at radius 2 is 2.12 bits per heavy atom. The molecule has 1 aromatic heterocycles. The van der Waals surface area contributed by atoms with Gasteiger partial charge in [0.25, 0.3) is 5.91 Å². The number of thioether (sulfide) groups is 1. The van der Waals surface area contributed by atoms with Crippen molar-refractivity contribution in [1.82, 2.24) is 4.98 Å². The van der Waals surface area contributed by atoms with E-state index in [1.165, 1.54) is 42.1 Å². The van der Waals surface area contributed by atoms with Crippen LogP contribution >= 0.6 is 11.8 Å². The molecular weight excluding hydrogens is 346 g/mol. The van der Waals surface area contributed by atoms with Crippen LogP contribution in [0.2, 0.25) is 0 Å². The lowest BCUT2D eigenvalue weighted by Crippen LogP contribution is -2.29. The average molecular weight is 362 g/mol. The number of pyridine rings is 1. The van der Waals surface area contributed by atoms with Gasteiger partial charge in [0.05, 0.1) is 5.54 Å². The number of carbonyl (C=O) groups excluding carboxylic acids is 1. The number of anilines is 1. The molecule has 1 amide bonds. The van der Waals surface area contributed by atoms with Crippen LogP contribution in [0.15, 0.2) is 41.4 Å². The highest BCUT2D eigenvalue weighted by Gasteiger charge is 2.32. The van der Waals surface area contributed by atoms with Crippen LogP contribution in [0.5, 0.6) is 0 Å². The molecule has 3 rings (SSSR count). The third kappa shape index (κ3) is 3.79. The first-order valence-electron chi connectivity index (χ1n) is 7.59. The van der Waals surface area contributed by atoms with Gasteiger partial charge in [-0.2, -0.15) is 4.39 Å². The number of hydrogen-bond acceptors (Lipinski definition) is 5. The van der Waals surface area contributed by atoms with E-state index in [2.05, 4.69) is 15.3 Å². The van der Waals surface area contributed by atoms with E-state index in [9.17, 15) is 13.6 Å². The fraction of sp³-hybridized carbons (Fsp3) is 0.235. The summed E-state index contributed by atoms with van der Waals surface area (Å²) < 4.78 is 27.5. The van der Waals surface area contributed by atoms with Crippen LogP contribution in [-0.2, 0) is 5.54 Å². The van der Waals surface area contributed by atoms with E-state index < -0.39 is 23.2 Å². The van der Waals surface area contributed by atoms with Crippen molar-refractivity contribution >= 4 is 28.5 Å². The Morgan fingerprint density at radius 3 is 2.84 bits per heavy atom. The summed E-state index contributed by atoms with van der Waals surface area (Å²) in [5.74, 6) is -1.02. The molecule has 0 unspecified atom stereocenters. The fourth-order valence-corrected chi connectivity index (χ4v) is 3.60. The first kappa shape index (κ1) is 17.3. The van der Waals surface area contributed by atoms with Crippen LogP contribution in [0, 0.1) is 11.8 Å². The van der Waals surface area contributed by atoms with Gasteiger partial charge in [0.15, 0.2) is 5.17 Å². The number of carbonyl (C=O) groups is 1. The molecule has 0 spiro atoms. The number of halogens is 2. The third-order valence-corrected chi connectivity index (χ3v) is 4.74. The smallest absolute Gasteiger partial charge is 0.274 e. The average Bonchev–Trinajstić information content (AvgIpc) is 2.56. The summed E-state index contributed by atoms with van der Waals surface area (Å²) >= 11 is 1.43. The predicted octanol–water partition coefficient (Wildman–Crippen LogP) is 3.28. The number of nitrogens with one attached hydrogen (secondary N) is 1. The molecule has 3 N–H and O–H groups in total. The van der Waals surface area contributed by atoms with E-state index in [0.717, 1.165) is 11.8 Å². The maximum Gasteiger partial charge on any atom is 0.274 e. The van der Waals surface area contributed by atoms with Gasteiger partial charge in [0, 0.05) is 17.0 Å². The van der Waals surface area contributed by atoms with E-state index in [0.29, 0.717) is 22.8 Å². The standard InChI is InChI=1S/C17H16F2N4OS/c1-17(7-8-25-16(20)23-17)11-9-10(5-6-12(11)18)21-15(24)13-3-2-4-14(19)22-13/h2-6,9H,7-8H2,1H3,(H2,20,23)(H,21,24)/t17-/m0/s1. The van der Waals surface area contributed by atoms with E-state index in [-0.39, 0.29) is 5.69 Å². The van der Waals surface area contributed by atoms with Gasteiger partial charge >= 0.3 is 0 Å². The van der Waals surface area contributed by atoms with Gasteiger partial charge in [-0.05, 0) is 43.7 Å². The number of aromatic nitrogens is 1. The van der Waals surface area contributed by atoms with Crippen molar-refractivity contribution in [3.63, 3.8) is 0 Å². The number of nitrogens with two attached hydrogens (primary N) is 1. The molecule has 0 bridgehead atoms. The van der Waals surface area contributed by atoms with Gasteiger partial charge in [0.2, 0.25) is 5.95 Å².